The lowest BCUT2D eigenvalue weighted by Gasteiger charge is -2.41. The Morgan fingerprint density at radius 3 is 2.80 bits per heavy atom. The van der Waals surface area contributed by atoms with Crippen LogP contribution in [-0.4, -0.2) is 24.0 Å². The third kappa shape index (κ3) is 3.62. The summed E-state index contributed by atoms with van der Waals surface area (Å²) in [6.45, 7) is 6.33. The molecule has 0 bridgehead atoms. The average Bonchev–Trinajstić information content (AvgIpc) is 2.61. The van der Waals surface area contributed by atoms with E-state index in [4.69, 9.17) is 5.73 Å². The Kier molecular flexibility index (Phi) is 5.22. The molecule has 1 fully saturated rings. The zero-order chi connectivity index (χ0) is 14.6. The van der Waals surface area contributed by atoms with Gasteiger partial charge in [0.1, 0.15) is 0 Å². The predicted octanol–water partition coefficient (Wildman–Crippen LogP) is 3.72. The molecule has 2 atom stereocenters. The SMILES string of the molecule is Cc1cccc(CN(C)C2(CN)CCCC(C)CC2)c1. The first-order valence-corrected chi connectivity index (χ1v) is 8.02. The van der Waals surface area contributed by atoms with Crippen molar-refractivity contribution in [3.8, 4) is 0 Å². The van der Waals surface area contributed by atoms with E-state index in [1.807, 2.05) is 0 Å². The first-order chi connectivity index (χ1) is 9.55. The maximum Gasteiger partial charge on any atom is 0.0332 e. The van der Waals surface area contributed by atoms with Crippen molar-refractivity contribution in [2.75, 3.05) is 13.6 Å². The van der Waals surface area contributed by atoms with Gasteiger partial charge in [0.05, 0.1) is 0 Å². The molecule has 0 aromatic heterocycles. The molecule has 1 aliphatic rings. The van der Waals surface area contributed by atoms with E-state index in [0.29, 0.717) is 0 Å². The van der Waals surface area contributed by atoms with E-state index in [1.165, 1.54) is 43.2 Å². The molecule has 2 nitrogen and oxygen atoms in total. The van der Waals surface area contributed by atoms with E-state index in [2.05, 4.69) is 50.1 Å². The lowest BCUT2D eigenvalue weighted by Crippen LogP contribution is -2.51. The van der Waals surface area contributed by atoms with Crippen LogP contribution >= 0.6 is 0 Å². The van der Waals surface area contributed by atoms with Gasteiger partial charge in [-0.05, 0) is 44.7 Å². The second-order valence-electron chi connectivity index (χ2n) is 6.81. The van der Waals surface area contributed by atoms with Gasteiger partial charge in [-0.25, -0.2) is 0 Å². The van der Waals surface area contributed by atoms with Crippen LogP contribution in [0.5, 0.6) is 0 Å². The van der Waals surface area contributed by atoms with Gasteiger partial charge in [-0.2, -0.15) is 0 Å². The molecule has 0 spiro atoms. The fourth-order valence-corrected chi connectivity index (χ4v) is 3.56. The Balaban J connectivity index is 2.09. The van der Waals surface area contributed by atoms with Crippen molar-refractivity contribution in [3.05, 3.63) is 35.4 Å². The van der Waals surface area contributed by atoms with E-state index in [9.17, 15) is 0 Å². The summed E-state index contributed by atoms with van der Waals surface area (Å²) in [6, 6.07) is 8.84. The van der Waals surface area contributed by atoms with Gasteiger partial charge in [0.25, 0.3) is 0 Å². The average molecular weight is 274 g/mol. The van der Waals surface area contributed by atoms with E-state index < -0.39 is 0 Å². The number of aryl methyl sites for hydroxylation is 1. The van der Waals surface area contributed by atoms with Gasteiger partial charge in [-0.3, -0.25) is 4.90 Å². The van der Waals surface area contributed by atoms with E-state index in [1.54, 1.807) is 0 Å². The maximum atomic E-state index is 6.20. The zero-order valence-electron chi connectivity index (χ0n) is 13.4. The summed E-state index contributed by atoms with van der Waals surface area (Å²) in [5, 5.41) is 0. The lowest BCUT2D eigenvalue weighted by atomic mass is 9.87. The highest BCUT2D eigenvalue weighted by molar-refractivity contribution is 5.22. The van der Waals surface area contributed by atoms with E-state index >= 15 is 0 Å². The number of hydrogen-bond acceptors (Lipinski definition) is 2. The first-order valence-electron chi connectivity index (χ1n) is 8.02. The molecular weight excluding hydrogens is 244 g/mol. The summed E-state index contributed by atoms with van der Waals surface area (Å²) in [5.74, 6) is 0.857. The van der Waals surface area contributed by atoms with E-state index in [-0.39, 0.29) is 5.54 Å². The Bertz CT molecular complexity index is 429. The van der Waals surface area contributed by atoms with Crippen LogP contribution in [0.2, 0.25) is 0 Å². The number of hydrogen-bond donors (Lipinski definition) is 1. The van der Waals surface area contributed by atoms with Crippen LogP contribution < -0.4 is 5.73 Å². The quantitative estimate of drug-likeness (QED) is 0.848. The van der Waals surface area contributed by atoms with Crippen molar-refractivity contribution in [2.24, 2.45) is 11.7 Å². The second kappa shape index (κ2) is 6.73. The van der Waals surface area contributed by atoms with Gasteiger partial charge in [-0.15, -0.1) is 0 Å². The minimum atomic E-state index is 0.203. The summed E-state index contributed by atoms with van der Waals surface area (Å²) in [6.07, 6.45) is 6.48. The van der Waals surface area contributed by atoms with Crippen molar-refractivity contribution in [2.45, 2.75) is 58.0 Å². The molecule has 1 saturated carbocycles. The highest BCUT2D eigenvalue weighted by Crippen LogP contribution is 2.34. The molecule has 2 rings (SSSR count). The molecule has 20 heavy (non-hydrogen) atoms. The molecule has 1 aromatic rings. The van der Waals surface area contributed by atoms with Crippen molar-refractivity contribution in [1.29, 1.82) is 0 Å². The first kappa shape index (κ1) is 15.5. The van der Waals surface area contributed by atoms with Gasteiger partial charge in [0.2, 0.25) is 0 Å². The van der Waals surface area contributed by atoms with Crippen LogP contribution in [0.3, 0.4) is 0 Å². The molecule has 112 valence electrons. The standard InChI is InChI=1S/C18H30N2/c1-15-7-5-10-18(14-19,11-9-15)20(3)13-17-8-4-6-16(2)12-17/h4,6,8,12,15H,5,7,9-11,13-14,19H2,1-3H3. The summed E-state index contributed by atoms with van der Waals surface area (Å²) in [5.41, 5.74) is 9.14. The van der Waals surface area contributed by atoms with Gasteiger partial charge in [0.15, 0.2) is 0 Å². The minimum Gasteiger partial charge on any atom is -0.329 e. The molecule has 2 N–H and O–H groups in total. The normalized spacial score (nSPS) is 27.6. The van der Waals surface area contributed by atoms with Crippen molar-refractivity contribution in [1.82, 2.24) is 4.90 Å². The monoisotopic (exact) mass is 274 g/mol. The molecule has 0 aliphatic heterocycles. The number of rotatable bonds is 4. The number of likely N-dealkylation sites (N-methyl/N-ethyl adjacent to an activating group) is 1. The molecule has 0 radical (unpaired) electrons. The van der Waals surface area contributed by atoms with Crippen molar-refractivity contribution < 1.29 is 0 Å². The van der Waals surface area contributed by atoms with E-state index in [0.717, 1.165) is 19.0 Å². The van der Waals surface area contributed by atoms with Crippen molar-refractivity contribution in [3.63, 3.8) is 0 Å². The largest absolute Gasteiger partial charge is 0.329 e. The van der Waals surface area contributed by atoms with Crippen LogP contribution in [0.15, 0.2) is 24.3 Å². The van der Waals surface area contributed by atoms with Crippen LogP contribution in [0.25, 0.3) is 0 Å². The van der Waals surface area contributed by atoms with Crippen LogP contribution in [-0.2, 0) is 6.54 Å². The number of nitrogens with two attached hydrogens (primary N) is 1. The third-order valence-electron chi connectivity index (χ3n) is 5.13. The second-order valence-corrected chi connectivity index (χ2v) is 6.81. The summed E-state index contributed by atoms with van der Waals surface area (Å²) in [7, 11) is 2.26. The summed E-state index contributed by atoms with van der Waals surface area (Å²) >= 11 is 0. The van der Waals surface area contributed by atoms with Crippen LogP contribution in [0, 0.1) is 12.8 Å². The fraction of sp³-hybridized carbons (Fsp3) is 0.667. The predicted molar refractivity (Wildman–Crippen MR) is 86.7 cm³/mol. The van der Waals surface area contributed by atoms with Gasteiger partial charge >= 0.3 is 0 Å². The molecule has 0 saturated heterocycles. The Hall–Kier alpha value is -0.860. The molecule has 2 unspecified atom stereocenters. The maximum absolute atomic E-state index is 6.20. The highest BCUT2D eigenvalue weighted by atomic mass is 15.2. The molecular formula is C18H30N2. The number of benzene rings is 1. The van der Waals surface area contributed by atoms with Gasteiger partial charge in [0, 0.05) is 18.6 Å². The van der Waals surface area contributed by atoms with Gasteiger partial charge in [-0.1, -0.05) is 49.6 Å². The van der Waals surface area contributed by atoms with Gasteiger partial charge < -0.3 is 5.73 Å². The molecule has 0 amide bonds. The number of nitrogens with zero attached hydrogens (tertiary/aromatic N) is 1. The smallest absolute Gasteiger partial charge is 0.0332 e. The Morgan fingerprint density at radius 2 is 2.10 bits per heavy atom. The zero-order valence-corrected chi connectivity index (χ0v) is 13.4. The van der Waals surface area contributed by atoms with Crippen LogP contribution in [0.4, 0.5) is 0 Å². The molecule has 0 heterocycles. The third-order valence-corrected chi connectivity index (χ3v) is 5.13. The van der Waals surface area contributed by atoms with Crippen LogP contribution in [0.1, 0.15) is 50.2 Å². The Morgan fingerprint density at radius 1 is 1.30 bits per heavy atom. The minimum absolute atomic E-state index is 0.203. The Labute approximate surface area is 124 Å². The lowest BCUT2D eigenvalue weighted by molar-refractivity contribution is 0.0987. The topological polar surface area (TPSA) is 29.3 Å². The fourth-order valence-electron chi connectivity index (χ4n) is 3.56. The summed E-state index contributed by atoms with van der Waals surface area (Å²) in [4.78, 5) is 2.51. The van der Waals surface area contributed by atoms with Crippen molar-refractivity contribution >= 4 is 0 Å². The molecule has 1 aliphatic carbocycles. The molecule has 1 aromatic carbocycles. The molecule has 2 heteroatoms. The summed E-state index contributed by atoms with van der Waals surface area (Å²) < 4.78 is 0. The highest BCUT2D eigenvalue weighted by Gasteiger charge is 2.34.